The van der Waals surface area contributed by atoms with Gasteiger partial charge in [0.05, 0.1) is 13.1 Å². The fraction of sp³-hybridized carbons (Fsp3) is 0.429. The van der Waals surface area contributed by atoms with Gasteiger partial charge in [0.1, 0.15) is 5.69 Å². The lowest BCUT2D eigenvalue weighted by Gasteiger charge is -2.13. The predicted octanol–water partition coefficient (Wildman–Crippen LogP) is -0.267. The van der Waals surface area contributed by atoms with Gasteiger partial charge in [-0.05, 0) is 6.07 Å². The molecular formula is C7H10F2N4O. The summed E-state index contributed by atoms with van der Waals surface area (Å²) in [5, 5.41) is 7.90. The molecule has 0 bridgehead atoms. The van der Waals surface area contributed by atoms with E-state index in [1.807, 2.05) is 5.32 Å². The van der Waals surface area contributed by atoms with Crippen LogP contribution < -0.4 is 11.1 Å². The van der Waals surface area contributed by atoms with Crippen LogP contribution in [0.25, 0.3) is 0 Å². The van der Waals surface area contributed by atoms with E-state index in [-0.39, 0.29) is 5.69 Å². The number of H-pyrrole nitrogens is 1. The van der Waals surface area contributed by atoms with E-state index in [0.29, 0.717) is 0 Å². The molecule has 14 heavy (non-hydrogen) atoms. The van der Waals surface area contributed by atoms with Gasteiger partial charge in [0, 0.05) is 6.20 Å². The highest BCUT2D eigenvalue weighted by atomic mass is 19.3. The van der Waals surface area contributed by atoms with Crippen LogP contribution in [0.1, 0.15) is 10.5 Å². The highest BCUT2D eigenvalue weighted by molar-refractivity contribution is 5.92. The molecule has 4 N–H and O–H groups in total. The van der Waals surface area contributed by atoms with Crippen molar-refractivity contribution >= 4 is 5.91 Å². The highest BCUT2D eigenvalue weighted by Gasteiger charge is 2.27. The minimum atomic E-state index is -3.07. The second-order valence-corrected chi connectivity index (χ2v) is 2.71. The molecule has 0 saturated carbocycles. The van der Waals surface area contributed by atoms with Crippen LogP contribution in [-0.4, -0.2) is 35.1 Å². The van der Waals surface area contributed by atoms with Crippen molar-refractivity contribution in [3.8, 4) is 0 Å². The van der Waals surface area contributed by atoms with Gasteiger partial charge >= 0.3 is 0 Å². The van der Waals surface area contributed by atoms with Gasteiger partial charge in [-0.2, -0.15) is 5.10 Å². The molecule has 0 saturated heterocycles. The van der Waals surface area contributed by atoms with E-state index in [2.05, 4.69) is 10.2 Å². The quantitative estimate of drug-likeness (QED) is 0.631. The van der Waals surface area contributed by atoms with E-state index in [1.54, 1.807) is 0 Å². The first-order valence-corrected chi connectivity index (χ1v) is 3.90. The first-order valence-electron chi connectivity index (χ1n) is 3.90. The van der Waals surface area contributed by atoms with Crippen LogP contribution >= 0.6 is 0 Å². The van der Waals surface area contributed by atoms with Gasteiger partial charge in [-0.3, -0.25) is 9.89 Å². The van der Waals surface area contributed by atoms with E-state index in [4.69, 9.17) is 5.73 Å². The van der Waals surface area contributed by atoms with Gasteiger partial charge in [-0.1, -0.05) is 0 Å². The van der Waals surface area contributed by atoms with Gasteiger partial charge in [-0.25, -0.2) is 8.78 Å². The first kappa shape index (κ1) is 10.6. The molecule has 1 heterocycles. The second kappa shape index (κ2) is 4.14. The fourth-order valence-corrected chi connectivity index (χ4v) is 0.759. The molecule has 0 spiro atoms. The van der Waals surface area contributed by atoms with Crippen LogP contribution in [0.2, 0.25) is 0 Å². The number of nitrogens with two attached hydrogens (primary N) is 1. The van der Waals surface area contributed by atoms with E-state index < -0.39 is 24.9 Å². The molecular weight excluding hydrogens is 194 g/mol. The van der Waals surface area contributed by atoms with Crippen molar-refractivity contribution in [3.63, 3.8) is 0 Å². The number of nitrogens with one attached hydrogen (secondary N) is 2. The smallest absolute Gasteiger partial charge is 0.277 e. The zero-order valence-electron chi connectivity index (χ0n) is 7.26. The van der Waals surface area contributed by atoms with Crippen molar-refractivity contribution in [2.24, 2.45) is 5.73 Å². The summed E-state index contributed by atoms with van der Waals surface area (Å²) in [6.45, 7) is -1.57. The van der Waals surface area contributed by atoms with Crippen LogP contribution in [0.4, 0.5) is 8.78 Å². The highest BCUT2D eigenvalue weighted by Crippen LogP contribution is 2.08. The fourth-order valence-electron chi connectivity index (χ4n) is 0.759. The molecule has 5 nitrogen and oxygen atoms in total. The van der Waals surface area contributed by atoms with Crippen molar-refractivity contribution in [1.29, 1.82) is 0 Å². The van der Waals surface area contributed by atoms with Gasteiger partial charge in [0.25, 0.3) is 11.8 Å². The number of amides is 1. The standard InChI is InChI=1S/C7H10F2N4O/c8-7(9,3-10)4-11-6(14)5-1-2-12-13-5/h1-2H,3-4,10H2,(H,11,14)(H,12,13). The monoisotopic (exact) mass is 204 g/mol. The van der Waals surface area contributed by atoms with Crippen molar-refractivity contribution in [1.82, 2.24) is 15.5 Å². The average Bonchev–Trinajstić information content (AvgIpc) is 2.67. The molecule has 7 heteroatoms. The third-order valence-electron chi connectivity index (χ3n) is 1.55. The summed E-state index contributed by atoms with van der Waals surface area (Å²) < 4.78 is 25.2. The van der Waals surface area contributed by atoms with Crippen LogP contribution in [0.3, 0.4) is 0 Å². The van der Waals surface area contributed by atoms with E-state index >= 15 is 0 Å². The number of hydrogen-bond acceptors (Lipinski definition) is 3. The normalized spacial score (nSPS) is 11.4. The van der Waals surface area contributed by atoms with Gasteiger partial charge in [0.15, 0.2) is 0 Å². The summed E-state index contributed by atoms with van der Waals surface area (Å²) >= 11 is 0. The second-order valence-electron chi connectivity index (χ2n) is 2.71. The van der Waals surface area contributed by atoms with E-state index in [1.165, 1.54) is 12.3 Å². The Morgan fingerprint density at radius 3 is 2.93 bits per heavy atom. The van der Waals surface area contributed by atoms with Gasteiger partial charge in [-0.15, -0.1) is 0 Å². The maximum Gasteiger partial charge on any atom is 0.277 e. The molecule has 0 aromatic carbocycles. The Bertz CT molecular complexity index is 299. The number of carbonyl (C=O) groups is 1. The van der Waals surface area contributed by atoms with Crippen molar-refractivity contribution in [3.05, 3.63) is 18.0 Å². The summed E-state index contributed by atoms with van der Waals surface area (Å²) in [6.07, 6.45) is 1.36. The van der Waals surface area contributed by atoms with Crippen LogP contribution in [0.15, 0.2) is 12.3 Å². The Morgan fingerprint density at radius 2 is 2.43 bits per heavy atom. The maximum atomic E-state index is 12.6. The number of alkyl halides is 2. The number of hydrogen-bond donors (Lipinski definition) is 3. The lowest BCUT2D eigenvalue weighted by atomic mass is 10.3. The Balaban J connectivity index is 2.43. The van der Waals surface area contributed by atoms with Crippen LogP contribution in [0.5, 0.6) is 0 Å². The number of aromatic amines is 1. The molecule has 0 unspecified atom stereocenters. The number of halogens is 2. The minimum absolute atomic E-state index is 0.137. The topological polar surface area (TPSA) is 83.8 Å². The third kappa shape index (κ3) is 2.77. The molecule has 0 atom stereocenters. The number of rotatable bonds is 4. The molecule has 0 radical (unpaired) electrons. The summed E-state index contributed by atoms with van der Waals surface area (Å²) in [6, 6.07) is 1.38. The summed E-state index contributed by atoms with van der Waals surface area (Å²) in [7, 11) is 0. The molecule has 1 aromatic heterocycles. The summed E-state index contributed by atoms with van der Waals surface area (Å²) in [5.74, 6) is -3.70. The van der Waals surface area contributed by atoms with Crippen molar-refractivity contribution < 1.29 is 13.6 Å². The number of nitrogens with zero attached hydrogens (tertiary/aromatic N) is 1. The van der Waals surface area contributed by atoms with Gasteiger partial charge < -0.3 is 11.1 Å². The molecule has 1 amide bonds. The maximum absolute atomic E-state index is 12.6. The predicted molar refractivity (Wildman–Crippen MR) is 44.9 cm³/mol. The number of aromatic nitrogens is 2. The minimum Gasteiger partial charge on any atom is -0.345 e. The molecule has 0 aliphatic carbocycles. The number of carbonyl (C=O) groups excluding carboxylic acids is 1. The first-order chi connectivity index (χ1) is 6.55. The van der Waals surface area contributed by atoms with Crippen molar-refractivity contribution in [2.75, 3.05) is 13.1 Å². The molecule has 0 fully saturated rings. The Kier molecular flexibility index (Phi) is 3.13. The molecule has 78 valence electrons. The Hall–Kier alpha value is -1.50. The molecule has 1 aromatic rings. The summed E-state index contributed by atoms with van der Waals surface area (Å²) in [5.41, 5.74) is 4.93. The SMILES string of the molecule is NCC(F)(F)CNC(=O)c1ccn[nH]1. The zero-order chi connectivity index (χ0) is 10.6. The molecule has 0 aliphatic rings. The average molecular weight is 204 g/mol. The lowest BCUT2D eigenvalue weighted by Crippen LogP contribution is -2.41. The van der Waals surface area contributed by atoms with Crippen LogP contribution in [-0.2, 0) is 0 Å². The van der Waals surface area contributed by atoms with Crippen molar-refractivity contribution in [2.45, 2.75) is 5.92 Å². The van der Waals surface area contributed by atoms with Crippen LogP contribution in [0, 0.1) is 0 Å². The zero-order valence-corrected chi connectivity index (χ0v) is 7.26. The molecule has 0 aliphatic heterocycles. The Labute approximate surface area is 78.7 Å². The summed E-state index contributed by atoms with van der Waals surface area (Å²) in [4.78, 5) is 11.1. The largest absolute Gasteiger partial charge is 0.345 e. The van der Waals surface area contributed by atoms with Gasteiger partial charge in [0.2, 0.25) is 0 Å². The lowest BCUT2D eigenvalue weighted by molar-refractivity contribution is 0.0118. The van der Waals surface area contributed by atoms with E-state index in [9.17, 15) is 13.6 Å². The molecule has 1 rings (SSSR count). The van der Waals surface area contributed by atoms with E-state index in [0.717, 1.165) is 0 Å². The third-order valence-corrected chi connectivity index (χ3v) is 1.55. The Morgan fingerprint density at radius 1 is 1.71 bits per heavy atom.